The molecule has 1 aliphatic heterocycles. The molecule has 0 bridgehead atoms. The van der Waals surface area contributed by atoms with Gasteiger partial charge in [-0.25, -0.2) is 19.9 Å². The highest BCUT2D eigenvalue weighted by atomic mass is 15.3. The second-order valence-corrected chi connectivity index (χ2v) is 6.20. The summed E-state index contributed by atoms with van der Waals surface area (Å²) in [5.41, 5.74) is 3.70. The summed E-state index contributed by atoms with van der Waals surface area (Å²) in [6, 6.07) is 8.14. The van der Waals surface area contributed by atoms with E-state index >= 15 is 0 Å². The van der Waals surface area contributed by atoms with Crippen LogP contribution in [0, 0.1) is 0 Å². The van der Waals surface area contributed by atoms with Gasteiger partial charge in [0.1, 0.15) is 11.8 Å². The maximum atomic E-state index is 4.73. The molecule has 25 heavy (non-hydrogen) atoms. The Kier molecular flexibility index (Phi) is 3.26. The Balaban J connectivity index is 1.40. The fourth-order valence-electron chi connectivity index (χ4n) is 3.42. The minimum atomic E-state index is 0.711. The number of para-hydroxylation sites is 2. The van der Waals surface area contributed by atoms with Crippen LogP contribution in [0.1, 0.15) is 6.42 Å². The highest BCUT2D eigenvalue weighted by Crippen LogP contribution is 2.23. The first-order chi connectivity index (χ1) is 12.4. The van der Waals surface area contributed by atoms with E-state index < -0.39 is 0 Å². The van der Waals surface area contributed by atoms with Crippen molar-refractivity contribution >= 4 is 34.0 Å². The predicted octanol–water partition coefficient (Wildman–Crippen LogP) is 1.95. The minimum absolute atomic E-state index is 0.711. The van der Waals surface area contributed by atoms with Crippen molar-refractivity contribution in [2.75, 3.05) is 36.0 Å². The number of hydrogen-bond acceptors (Lipinski definition) is 6. The van der Waals surface area contributed by atoms with Crippen LogP contribution in [-0.2, 0) is 0 Å². The van der Waals surface area contributed by atoms with E-state index in [9.17, 15) is 0 Å². The van der Waals surface area contributed by atoms with Crippen molar-refractivity contribution < 1.29 is 0 Å². The summed E-state index contributed by atoms with van der Waals surface area (Å²) in [6.45, 7) is 3.68. The van der Waals surface area contributed by atoms with Gasteiger partial charge < -0.3 is 19.8 Å². The van der Waals surface area contributed by atoms with Crippen molar-refractivity contribution in [3.8, 4) is 0 Å². The van der Waals surface area contributed by atoms with Crippen LogP contribution in [0.2, 0.25) is 0 Å². The Hall–Kier alpha value is -3.16. The molecule has 4 aromatic rings. The molecular weight excluding hydrogens is 316 g/mol. The van der Waals surface area contributed by atoms with E-state index in [4.69, 9.17) is 4.98 Å². The molecule has 1 saturated heterocycles. The molecule has 8 heteroatoms. The molecule has 3 aromatic heterocycles. The summed E-state index contributed by atoms with van der Waals surface area (Å²) in [5.74, 6) is 1.87. The quantitative estimate of drug-likeness (QED) is 0.582. The van der Waals surface area contributed by atoms with E-state index in [2.05, 4.69) is 40.8 Å². The van der Waals surface area contributed by atoms with Crippen LogP contribution >= 0.6 is 0 Å². The van der Waals surface area contributed by atoms with Crippen molar-refractivity contribution in [3.05, 3.63) is 36.9 Å². The first-order valence-corrected chi connectivity index (χ1v) is 8.47. The van der Waals surface area contributed by atoms with Crippen LogP contribution in [0.5, 0.6) is 0 Å². The van der Waals surface area contributed by atoms with E-state index in [1.807, 2.05) is 18.2 Å². The van der Waals surface area contributed by atoms with E-state index in [-0.39, 0.29) is 0 Å². The Morgan fingerprint density at radius 3 is 2.76 bits per heavy atom. The van der Waals surface area contributed by atoms with Gasteiger partial charge in [0.25, 0.3) is 0 Å². The lowest BCUT2D eigenvalue weighted by molar-refractivity contribution is 0.789. The topological polar surface area (TPSA) is 89.6 Å². The smallest absolute Gasteiger partial charge is 0.203 e. The number of H-pyrrole nitrogens is 2. The standard InChI is InChI=1S/C17H18N8/c1-2-5-13-12(4-1)22-17(23-13)25-7-3-6-24(8-9-25)16-14-15(19-10-18-14)20-11-21-16/h1-2,4-5,10-11H,3,6-9H2,(H,22,23)(H,18,19,20,21). The van der Waals surface area contributed by atoms with Gasteiger partial charge in [-0.2, -0.15) is 0 Å². The molecule has 0 aliphatic carbocycles. The third-order valence-corrected chi connectivity index (χ3v) is 4.67. The van der Waals surface area contributed by atoms with E-state index in [1.165, 1.54) is 0 Å². The van der Waals surface area contributed by atoms with Gasteiger partial charge in [-0.15, -0.1) is 0 Å². The van der Waals surface area contributed by atoms with Gasteiger partial charge in [0, 0.05) is 26.2 Å². The molecule has 1 aliphatic rings. The molecule has 0 saturated carbocycles. The fraction of sp³-hybridized carbons (Fsp3) is 0.294. The largest absolute Gasteiger partial charge is 0.353 e. The summed E-state index contributed by atoms with van der Waals surface area (Å²) < 4.78 is 0. The Morgan fingerprint density at radius 2 is 1.80 bits per heavy atom. The molecule has 0 amide bonds. The van der Waals surface area contributed by atoms with E-state index in [1.54, 1.807) is 12.7 Å². The molecule has 5 rings (SSSR count). The number of nitrogens with one attached hydrogen (secondary N) is 2. The maximum Gasteiger partial charge on any atom is 0.203 e. The normalized spacial score (nSPS) is 15.8. The van der Waals surface area contributed by atoms with E-state index in [0.29, 0.717) is 5.65 Å². The van der Waals surface area contributed by atoms with Gasteiger partial charge >= 0.3 is 0 Å². The molecule has 0 radical (unpaired) electrons. The molecule has 2 N–H and O–H groups in total. The highest BCUT2D eigenvalue weighted by Gasteiger charge is 2.20. The predicted molar refractivity (Wildman–Crippen MR) is 96.8 cm³/mol. The zero-order valence-corrected chi connectivity index (χ0v) is 13.7. The van der Waals surface area contributed by atoms with Crippen LogP contribution in [0.4, 0.5) is 11.8 Å². The zero-order valence-electron chi connectivity index (χ0n) is 13.7. The molecule has 0 spiro atoms. The SMILES string of the molecule is c1ccc2[nH]c(N3CCCN(c4ncnc5nc[nH]c45)CC3)nc2c1. The first kappa shape index (κ1) is 14.2. The Morgan fingerprint density at radius 1 is 0.920 bits per heavy atom. The van der Waals surface area contributed by atoms with Crippen molar-refractivity contribution in [2.24, 2.45) is 0 Å². The minimum Gasteiger partial charge on any atom is -0.353 e. The first-order valence-electron chi connectivity index (χ1n) is 8.47. The number of imidazole rings is 2. The van der Waals surface area contributed by atoms with Gasteiger partial charge in [0.05, 0.1) is 17.4 Å². The second-order valence-electron chi connectivity index (χ2n) is 6.20. The highest BCUT2D eigenvalue weighted by molar-refractivity contribution is 5.82. The van der Waals surface area contributed by atoms with Gasteiger partial charge in [-0.05, 0) is 18.6 Å². The molecule has 1 aromatic carbocycles. The van der Waals surface area contributed by atoms with Crippen molar-refractivity contribution in [2.45, 2.75) is 6.42 Å². The molecule has 8 nitrogen and oxygen atoms in total. The number of aromatic nitrogens is 6. The third-order valence-electron chi connectivity index (χ3n) is 4.67. The van der Waals surface area contributed by atoms with Crippen LogP contribution in [-0.4, -0.2) is 56.1 Å². The van der Waals surface area contributed by atoms with E-state index in [0.717, 1.165) is 60.9 Å². The number of hydrogen-bond donors (Lipinski definition) is 2. The lowest BCUT2D eigenvalue weighted by Crippen LogP contribution is -2.31. The Bertz CT molecular complexity index is 987. The lowest BCUT2D eigenvalue weighted by Gasteiger charge is -2.22. The maximum absolute atomic E-state index is 4.73. The van der Waals surface area contributed by atoms with Crippen LogP contribution in [0.15, 0.2) is 36.9 Å². The third kappa shape index (κ3) is 2.46. The molecule has 126 valence electrons. The second kappa shape index (κ2) is 5.73. The monoisotopic (exact) mass is 334 g/mol. The molecular formula is C17H18N8. The number of nitrogens with zero attached hydrogens (tertiary/aromatic N) is 6. The molecule has 0 atom stereocenters. The van der Waals surface area contributed by atoms with Gasteiger partial charge in [0.2, 0.25) is 5.95 Å². The number of fused-ring (bicyclic) bond motifs is 2. The summed E-state index contributed by atoms with van der Waals surface area (Å²) in [5, 5.41) is 0. The van der Waals surface area contributed by atoms with Crippen molar-refractivity contribution in [1.82, 2.24) is 29.9 Å². The lowest BCUT2D eigenvalue weighted by atomic mass is 10.3. The summed E-state index contributed by atoms with van der Waals surface area (Å²) >= 11 is 0. The van der Waals surface area contributed by atoms with Crippen molar-refractivity contribution in [3.63, 3.8) is 0 Å². The fourth-order valence-corrected chi connectivity index (χ4v) is 3.42. The molecule has 0 unspecified atom stereocenters. The van der Waals surface area contributed by atoms with Crippen LogP contribution in [0.3, 0.4) is 0 Å². The average molecular weight is 334 g/mol. The number of aromatic amines is 2. The molecule has 1 fully saturated rings. The number of rotatable bonds is 2. The van der Waals surface area contributed by atoms with Crippen LogP contribution in [0.25, 0.3) is 22.2 Å². The van der Waals surface area contributed by atoms with Crippen LogP contribution < -0.4 is 9.80 Å². The van der Waals surface area contributed by atoms with Gasteiger partial charge in [-0.1, -0.05) is 12.1 Å². The summed E-state index contributed by atoms with van der Waals surface area (Å²) in [6.07, 6.45) is 4.29. The van der Waals surface area contributed by atoms with Gasteiger partial charge in [0.15, 0.2) is 11.5 Å². The molecule has 4 heterocycles. The van der Waals surface area contributed by atoms with Crippen molar-refractivity contribution in [1.29, 1.82) is 0 Å². The van der Waals surface area contributed by atoms with Gasteiger partial charge in [-0.3, -0.25) is 0 Å². The summed E-state index contributed by atoms with van der Waals surface area (Å²) in [7, 11) is 0. The number of benzene rings is 1. The summed E-state index contributed by atoms with van der Waals surface area (Å²) in [4.78, 5) is 28.8. The average Bonchev–Trinajstić information content (AvgIpc) is 3.22. The number of anilines is 2. The Labute approximate surface area is 143 Å². The zero-order chi connectivity index (χ0) is 16.6.